The molecule has 0 saturated carbocycles. The fourth-order valence-corrected chi connectivity index (χ4v) is 2.82. The topological polar surface area (TPSA) is 51.1 Å². The third kappa shape index (κ3) is 3.65. The number of nitrogens with zero attached hydrogens (tertiary/aromatic N) is 4. The molecule has 1 saturated heterocycles. The summed E-state index contributed by atoms with van der Waals surface area (Å²) in [5.74, 6) is 1.73. The number of piperidine rings is 1. The van der Waals surface area contributed by atoms with Crippen LogP contribution in [0.2, 0.25) is 5.28 Å². The minimum absolute atomic E-state index is 0.221. The molecule has 0 unspecified atom stereocenters. The molecule has 0 bridgehead atoms. The standard InChI is InChI=1S/C16H19ClN4O/c1-11-3-4-14(10-18-11)22-13-5-7-21(8-6-13)15-9-12(2)19-16(17)20-15/h3-4,9-10,13H,5-8H2,1-2H3. The number of hydrogen-bond acceptors (Lipinski definition) is 5. The Balaban J connectivity index is 1.59. The molecule has 0 amide bonds. The van der Waals surface area contributed by atoms with Crippen molar-refractivity contribution in [2.75, 3.05) is 18.0 Å². The summed E-state index contributed by atoms with van der Waals surface area (Å²) in [6.45, 7) is 5.70. The monoisotopic (exact) mass is 318 g/mol. The maximum absolute atomic E-state index is 5.99. The van der Waals surface area contributed by atoms with E-state index in [0.29, 0.717) is 5.28 Å². The van der Waals surface area contributed by atoms with Gasteiger partial charge in [0.15, 0.2) is 0 Å². The predicted octanol–water partition coefficient (Wildman–Crippen LogP) is 3.19. The Labute approximate surface area is 135 Å². The first-order chi connectivity index (χ1) is 10.6. The second-order valence-electron chi connectivity index (χ2n) is 5.58. The van der Waals surface area contributed by atoms with Crippen LogP contribution in [-0.2, 0) is 0 Å². The Hall–Kier alpha value is -1.88. The molecule has 0 radical (unpaired) electrons. The number of aromatic nitrogens is 3. The maximum atomic E-state index is 5.99. The summed E-state index contributed by atoms with van der Waals surface area (Å²) in [6.07, 6.45) is 3.91. The average Bonchev–Trinajstić information content (AvgIpc) is 2.49. The number of halogens is 1. The molecule has 22 heavy (non-hydrogen) atoms. The molecule has 2 aromatic heterocycles. The van der Waals surface area contributed by atoms with Crippen LogP contribution in [0.1, 0.15) is 24.2 Å². The van der Waals surface area contributed by atoms with E-state index in [0.717, 1.165) is 48.9 Å². The lowest BCUT2D eigenvalue weighted by atomic mass is 10.1. The van der Waals surface area contributed by atoms with Crippen molar-refractivity contribution in [2.45, 2.75) is 32.8 Å². The highest BCUT2D eigenvalue weighted by Gasteiger charge is 2.22. The van der Waals surface area contributed by atoms with Gasteiger partial charge in [0.1, 0.15) is 17.7 Å². The van der Waals surface area contributed by atoms with Gasteiger partial charge < -0.3 is 9.64 Å². The van der Waals surface area contributed by atoms with Crippen molar-refractivity contribution in [3.63, 3.8) is 0 Å². The third-order valence-corrected chi connectivity index (χ3v) is 3.94. The molecule has 1 fully saturated rings. The maximum Gasteiger partial charge on any atom is 0.224 e. The van der Waals surface area contributed by atoms with Crippen LogP contribution in [0, 0.1) is 13.8 Å². The zero-order valence-electron chi connectivity index (χ0n) is 12.8. The molecular formula is C16H19ClN4O. The van der Waals surface area contributed by atoms with Crippen LogP contribution in [0.4, 0.5) is 5.82 Å². The van der Waals surface area contributed by atoms with Crippen LogP contribution in [0.3, 0.4) is 0 Å². The highest BCUT2D eigenvalue weighted by Crippen LogP contribution is 2.23. The van der Waals surface area contributed by atoms with E-state index in [4.69, 9.17) is 16.3 Å². The summed E-state index contributed by atoms with van der Waals surface area (Å²) < 4.78 is 5.99. The smallest absolute Gasteiger partial charge is 0.224 e. The van der Waals surface area contributed by atoms with E-state index in [1.807, 2.05) is 32.0 Å². The first kappa shape index (κ1) is 15.0. The van der Waals surface area contributed by atoms with Crippen LogP contribution in [-0.4, -0.2) is 34.1 Å². The SMILES string of the molecule is Cc1ccc(OC2CCN(c3cc(C)nc(Cl)n3)CC2)cn1. The second kappa shape index (κ2) is 6.48. The zero-order chi connectivity index (χ0) is 15.5. The van der Waals surface area contributed by atoms with Gasteiger partial charge in [-0.25, -0.2) is 9.97 Å². The number of ether oxygens (including phenoxy) is 1. The Morgan fingerprint density at radius 1 is 1.14 bits per heavy atom. The summed E-state index contributed by atoms with van der Waals surface area (Å²) >= 11 is 5.94. The number of rotatable bonds is 3. The quantitative estimate of drug-likeness (QED) is 0.813. The van der Waals surface area contributed by atoms with E-state index in [9.17, 15) is 0 Å². The normalized spacial score (nSPS) is 15.9. The number of hydrogen-bond donors (Lipinski definition) is 0. The van der Waals surface area contributed by atoms with Crippen molar-refractivity contribution in [3.8, 4) is 5.75 Å². The molecule has 1 aliphatic heterocycles. The fraction of sp³-hybridized carbons (Fsp3) is 0.438. The highest BCUT2D eigenvalue weighted by atomic mass is 35.5. The molecule has 0 spiro atoms. The highest BCUT2D eigenvalue weighted by molar-refractivity contribution is 6.28. The molecule has 3 heterocycles. The second-order valence-corrected chi connectivity index (χ2v) is 5.91. The van der Waals surface area contributed by atoms with E-state index in [-0.39, 0.29) is 6.10 Å². The van der Waals surface area contributed by atoms with Gasteiger partial charge in [-0.05, 0) is 37.6 Å². The van der Waals surface area contributed by atoms with Gasteiger partial charge in [0.25, 0.3) is 0 Å². The summed E-state index contributed by atoms with van der Waals surface area (Å²) in [6, 6.07) is 5.91. The van der Waals surface area contributed by atoms with E-state index in [1.165, 1.54) is 0 Å². The zero-order valence-corrected chi connectivity index (χ0v) is 13.5. The lowest BCUT2D eigenvalue weighted by molar-refractivity contribution is 0.170. The minimum Gasteiger partial charge on any atom is -0.489 e. The molecule has 0 aliphatic carbocycles. The number of pyridine rings is 1. The summed E-state index contributed by atoms with van der Waals surface area (Å²) in [7, 11) is 0. The molecule has 6 heteroatoms. The molecule has 0 atom stereocenters. The van der Waals surface area contributed by atoms with Crippen LogP contribution in [0.5, 0.6) is 5.75 Å². The summed E-state index contributed by atoms with van der Waals surface area (Å²) in [5, 5.41) is 0.305. The molecular weight excluding hydrogens is 300 g/mol. The van der Waals surface area contributed by atoms with E-state index in [1.54, 1.807) is 6.20 Å². The number of anilines is 1. The van der Waals surface area contributed by atoms with Crippen molar-refractivity contribution in [3.05, 3.63) is 41.1 Å². The molecule has 1 aliphatic rings. The largest absolute Gasteiger partial charge is 0.489 e. The third-order valence-electron chi connectivity index (χ3n) is 3.77. The van der Waals surface area contributed by atoms with Gasteiger partial charge >= 0.3 is 0 Å². The van der Waals surface area contributed by atoms with E-state index >= 15 is 0 Å². The summed E-state index contributed by atoms with van der Waals surface area (Å²) in [4.78, 5) is 14.9. The average molecular weight is 319 g/mol. The lowest BCUT2D eigenvalue weighted by Crippen LogP contribution is -2.38. The summed E-state index contributed by atoms with van der Waals surface area (Å²) in [5.41, 5.74) is 1.89. The van der Waals surface area contributed by atoms with Gasteiger partial charge in [0.2, 0.25) is 5.28 Å². The van der Waals surface area contributed by atoms with Crippen LogP contribution >= 0.6 is 11.6 Å². The van der Waals surface area contributed by atoms with Gasteiger partial charge in [-0.1, -0.05) is 0 Å². The molecule has 2 aromatic rings. The van der Waals surface area contributed by atoms with Crippen LogP contribution < -0.4 is 9.64 Å². The van der Waals surface area contributed by atoms with Crippen molar-refractivity contribution >= 4 is 17.4 Å². The lowest BCUT2D eigenvalue weighted by Gasteiger charge is -2.33. The van der Waals surface area contributed by atoms with E-state index < -0.39 is 0 Å². The van der Waals surface area contributed by atoms with Gasteiger partial charge in [-0.15, -0.1) is 0 Å². The van der Waals surface area contributed by atoms with Crippen LogP contribution in [0.25, 0.3) is 0 Å². The Bertz CT molecular complexity index is 619. The molecule has 0 aromatic carbocycles. The van der Waals surface area contributed by atoms with Crippen LogP contribution in [0.15, 0.2) is 24.4 Å². The Morgan fingerprint density at radius 3 is 2.55 bits per heavy atom. The van der Waals surface area contributed by atoms with Crippen molar-refractivity contribution in [1.29, 1.82) is 0 Å². The molecule has 3 rings (SSSR count). The van der Waals surface area contributed by atoms with Crippen molar-refractivity contribution < 1.29 is 4.74 Å². The van der Waals surface area contributed by atoms with Gasteiger partial charge in [0, 0.05) is 43.4 Å². The van der Waals surface area contributed by atoms with Gasteiger partial charge in [0.05, 0.1) is 6.20 Å². The predicted molar refractivity (Wildman–Crippen MR) is 86.6 cm³/mol. The number of aryl methyl sites for hydroxylation is 2. The molecule has 0 N–H and O–H groups in total. The Kier molecular flexibility index (Phi) is 4.43. The fourth-order valence-electron chi connectivity index (χ4n) is 2.60. The Morgan fingerprint density at radius 2 is 1.91 bits per heavy atom. The van der Waals surface area contributed by atoms with Gasteiger partial charge in [-0.2, -0.15) is 0 Å². The first-order valence-electron chi connectivity index (χ1n) is 7.45. The van der Waals surface area contributed by atoms with E-state index in [2.05, 4.69) is 19.9 Å². The first-order valence-corrected chi connectivity index (χ1v) is 7.83. The van der Waals surface area contributed by atoms with Crippen molar-refractivity contribution in [1.82, 2.24) is 15.0 Å². The minimum atomic E-state index is 0.221. The van der Waals surface area contributed by atoms with Crippen molar-refractivity contribution in [2.24, 2.45) is 0 Å². The molecule has 5 nitrogen and oxygen atoms in total. The molecule has 116 valence electrons. The van der Waals surface area contributed by atoms with Gasteiger partial charge in [-0.3, -0.25) is 4.98 Å².